The lowest BCUT2D eigenvalue weighted by atomic mass is 9.73. The smallest absolute Gasteiger partial charge is 0.0847 e. The molecule has 0 aromatic rings. The third-order valence-electron chi connectivity index (χ3n) is 2.92. The zero-order valence-electron chi connectivity index (χ0n) is 8.85. The molecule has 0 spiro atoms. The maximum absolute atomic E-state index is 9.96. The summed E-state index contributed by atoms with van der Waals surface area (Å²) in [6, 6.07) is 0. The summed E-state index contributed by atoms with van der Waals surface area (Å²) in [4.78, 5) is 0. The molecule has 0 amide bonds. The van der Waals surface area contributed by atoms with E-state index < -0.39 is 5.60 Å². The average molecular weight is 170 g/mol. The van der Waals surface area contributed by atoms with E-state index in [1.165, 1.54) is 6.42 Å². The molecule has 1 atom stereocenters. The van der Waals surface area contributed by atoms with Crippen molar-refractivity contribution < 1.29 is 5.11 Å². The molecule has 0 heterocycles. The second-order valence-corrected chi connectivity index (χ2v) is 4.34. The van der Waals surface area contributed by atoms with Crippen LogP contribution in [0.25, 0.3) is 0 Å². The number of rotatable bonds is 5. The molecule has 0 aromatic heterocycles. The Bertz CT molecular complexity index is 145. The van der Waals surface area contributed by atoms with Crippen LogP contribution in [0.1, 0.15) is 47.0 Å². The first-order chi connectivity index (χ1) is 5.37. The molecule has 1 nitrogen and oxygen atoms in total. The Morgan fingerprint density at radius 3 is 2.17 bits per heavy atom. The highest BCUT2D eigenvalue weighted by atomic mass is 16.3. The third-order valence-corrected chi connectivity index (χ3v) is 2.92. The molecule has 0 aliphatic heterocycles. The van der Waals surface area contributed by atoms with Gasteiger partial charge in [-0.05, 0) is 18.8 Å². The number of aliphatic hydroxyl groups is 1. The Kier molecular flexibility index (Phi) is 3.98. The van der Waals surface area contributed by atoms with Crippen molar-refractivity contribution >= 4 is 0 Å². The Balaban J connectivity index is 4.27. The molecule has 1 heteroatoms. The maximum Gasteiger partial charge on any atom is 0.0847 e. The van der Waals surface area contributed by atoms with Crippen molar-refractivity contribution in [2.24, 2.45) is 5.41 Å². The number of hydrogen-bond acceptors (Lipinski definition) is 1. The van der Waals surface area contributed by atoms with Gasteiger partial charge in [0.1, 0.15) is 0 Å². The van der Waals surface area contributed by atoms with Gasteiger partial charge in [-0.3, -0.25) is 0 Å². The van der Waals surface area contributed by atoms with E-state index >= 15 is 0 Å². The first kappa shape index (κ1) is 11.7. The molecule has 12 heavy (non-hydrogen) atoms. The normalized spacial score (nSPS) is 17.1. The summed E-state index contributed by atoms with van der Waals surface area (Å²) in [5.41, 5.74) is -0.813. The Morgan fingerprint density at radius 1 is 1.33 bits per heavy atom. The fourth-order valence-electron chi connectivity index (χ4n) is 1.15. The lowest BCUT2D eigenvalue weighted by molar-refractivity contribution is -0.0139. The van der Waals surface area contributed by atoms with Crippen LogP contribution >= 0.6 is 0 Å². The molecule has 0 aliphatic rings. The maximum atomic E-state index is 9.96. The van der Waals surface area contributed by atoms with Gasteiger partial charge >= 0.3 is 0 Å². The van der Waals surface area contributed by atoms with Crippen LogP contribution in [0, 0.1) is 5.41 Å². The summed E-state index contributed by atoms with van der Waals surface area (Å²) >= 11 is 0. The van der Waals surface area contributed by atoms with Crippen LogP contribution in [0.4, 0.5) is 0 Å². The van der Waals surface area contributed by atoms with Crippen LogP contribution in [0.2, 0.25) is 0 Å². The van der Waals surface area contributed by atoms with Crippen molar-refractivity contribution in [3.63, 3.8) is 0 Å². The summed E-state index contributed by atoms with van der Waals surface area (Å²) in [5, 5.41) is 9.96. The topological polar surface area (TPSA) is 20.2 Å². The lowest BCUT2D eigenvalue weighted by Crippen LogP contribution is -2.39. The van der Waals surface area contributed by atoms with Gasteiger partial charge in [-0.25, -0.2) is 0 Å². The van der Waals surface area contributed by atoms with E-state index in [4.69, 9.17) is 0 Å². The highest BCUT2D eigenvalue weighted by molar-refractivity contribution is 5.01. The van der Waals surface area contributed by atoms with E-state index in [1.807, 2.05) is 6.92 Å². The summed E-state index contributed by atoms with van der Waals surface area (Å²) < 4.78 is 0. The summed E-state index contributed by atoms with van der Waals surface area (Å²) in [7, 11) is 0. The van der Waals surface area contributed by atoms with Crippen molar-refractivity contribution in [1.29, 1.82) is 0 Å². The van der Waals surface area contributed by atoms with Crippen LogP contribution in [-0.2, 0) is 0 Å². The van der Waals surface area contributed by atoms with Gasteiger partial charge in [0.2, 0.25) is 0 Å². The molecular formula is C11H22O. The van der Waals surface area contributed by atoms with Crippen molar-refractivity contribution in [3.05, 3.63) is 12.7 Å². The van der Waals surface area contributed by atoms with E-state index in [0.29, 0.717) is 0 Å². The fourth-order valence-corrected chi connectivity index (χ4v) is 1.15. The van der Waals surface area contributed by atoms with Gasteiger partial charge in [0.15, 0.2) is 0 Å². The zero-order chi connectivity index (χ0) is 9.83. The summed E-state index contributed by atoms with van der Waals surface area (Å²) in [6.07, 6.45) is 5.03. The minimum Gasteiger partial charge on any atom is -0.386 e. The standard InChI is InChI=1S/C11H22O/c1-6-8-9-10(3,4)11(5,12)7-2/h7,12H,2,6,8-9H2,1,3-5H3. The van der Waals surface area contributed by atoms with E-state index in [2.05, 4.69) is 27.4 Å². The molecule has 0 fully saturated rings. The van der Waals surface area contributed by atoms with Gasteiger partial charge in [0, 0.05) is 0 Å². The monoisotopic (exact) mass is 170 g/mol. The predicted octanol–water partition coefficient (Wildman–Crippen LogP) is 3.14. The van der Waals surface area contributed by atoms with Crippen LogP contribution < -0.4 is 0 Å². The Morgan fingerprint density at radius 2 is 1.83 bits per heavy atom. The molecule has 0 saturated heterocycles. The molecule has 0 aromatic carbocycles. The molecule has 1 unspecified atom stereocenters. The van der Waals surface area contributed by atoms with Crippen molar-refractivity contribution in [3.8, 4) is 0 Å². The summed E-state index contributed by atoms with van der Waals surface area (Å²) in [6.45, 7) is 11.8. The third kappa shape index (κ3) is 2.63. The van der Waals surface area contributed by atoms with Crippen LogP contribution in [-0.4, -0.2) is 10.7 Å². The van der Waals surface area contributed by atoms with E-state index in [9.17, 15) is 5.11 Å². The molecule has 0 saturated carbocycles. The van der Waals surface area contributed by atoms with Gasteiger partial charge in [0.25, 0.3) is 0 Å². The molecule has 0 rings (SSSR count). The highest BCUT2D eigenvalue weighted by Gasteiger charge is 2.35. The summed E-state index contributed by atoms with van der Waals surface area (Å²) in [5.74, 6) is 0. The minimum atomic E-state index is -0.748. The SMILES string of the molecule is C=CC(C)(O)C(C)(C)CCCC. The molecule has 1 N–H and O–H groups in total. The quantitative estimate of drug-likeness (QED) is 0.628. The lowest BCUT2D eigenvalue weighted by Gasteiger charge is -2.38. The van der Waals surface area contributed by atoms with E-state index in [1.54, 1.807) is 6.08 Å². The largest absolute Gasteiger partial charge is 0.386 e. The van der Waals surface area contributed by atoms with Gasteiger partial charge in [-0.15, -0.1) is 6.58 Å². The highest BCUT2D eigenvalue weighted by Crippen LogP contribution is 2.36. The van der Waals surface area contributed by atoms with Gasteiger partial charge in [-0.2, -0.15) is 0 Å². The number of unbranched alkanes of at least 4 members (excludes halogenated alkanes) is 1. The van der Waals surface area contributed by atoms with Crippen LogP contribution in [0.15, 0.2) is 12.7 Å². The van der Waals surface area contributed by atoms with Gasteiger partial charge in [0.05, 0.1) is 5.60 Å². The van der Waals surface area contributed by atoms with Crippen molar-refractivity contribution in [1.82, 2.24) is 0 Å². The molecule has 72 valence electrons. The van der Waals surface area contributed by atoms with E-state index in [0.717, 1.165) is 12.8 Å². The Labute approximate surface area is 76.5 Å². The molecule has 0 bridgehead atoms. The predicted molar refractivity (Wildman–Crippen MR) is 54.1 cm³/mol. The number of hydrogen-bond donors (Lipinski definition) is 1. The van der Waals surface area contributed by atoms with E-state index in [-0.39, 0.29) is 5.41 Å². The van der Waals surface area contributed by atoms with Crippen LogP contribution in [0.3, 0.4) is 0 Å². The molecule has 0 radical (unpaired) electrons. The first-order valence-corrected chi connectivity index (χ1v) is 4.73. The molecular weight excluding hydrogens is 148 g/mol. The van der Waals surface area contributed by atoms with Crippen LogP contribution in [0.5, 0.6) is 0 Å². The van der Waals surface area contributed by atoms with Gasteiger partial charge < -0.3 is 5.11 Å². The fraction of sp³-hybridized carbons (Fsp3) is 0.818. The Hall–Kier alpha value is -0.300. The van der Waals surface area contributed by atoms with Crippen molar-refractivity contribution in [2.75, 3.05) is 0 Å². The zero-order valence-corrected chi connectivity index (χ0v) is 8.85. The second kappa shape index (κ2) is 4.08. The first-order valence-electron chi connectivity index (χ1n) is 4.73. The minimum absolute atomic E-state index is 0.0647. The second-order valence-electron chi connectivity index (χ2n) is 4.34. The van der Waals surface area contributed by atoms with Gasteiger partial charge in [-0.1, -0.05) is 39.7 Å². The average Bonchev–Trinajstić information content (AvgIpc) is 2.00. The van der Waals surface area contributed by atoms with Crippen molar-refractivity contribution in [2.45, 2.75) is 52.6 Å². The molecule has 0 aliphatic carbocycles.